The quantitative estimate of drug-likeness (QED) is 0.525. The second-order valence-electron chi connectivity index (χ2n) is 7.30. The van der Waals surface area contributed by atoms with Crippen molar-refractivity contribution in [3.05, 3.63) is 47.7 Å². The Morgan fingerprint density at radius 3 is 2.87 bits per heavy atom. The molecule has 1 atom stereocenters. The number of hydrogen-bond acceptors (Lipinski definition) is 7. The first kappa shape index (κ1) is 20.6. The van der Waals surface area contributed by atoms with Crippen LogP contribution in [0.4, 0.5) is 0 Å². The summed E-state index contributed by atoms with van der Waals surface area (Å²) >= 11 is 6.17. The van der Waals surface area contributed by atoms with E-state index in [-0.39, 0.29) is 17.3 Å². The summed E-state index contributed by atoms with van der Waals surface area (Å²) in [6.07, 6.45) is 2.45. The van der Waals surface area contributed by atoms with Gasteiger partial charge in [0.05, 0.1) is 32.1 Å². The van der Waals surface area contributed by atoms with Gasteiger partial charge in [0.1, 0.15) is 10.9 Å². The van der Waals surface area contributed by atoms with Gasteiger partial charge in [0.15, 0.2) is 11.6 Å². The molecule has 0 N–H and O–H groups in total. The van der Waals surface area contributed by atoms with Gasteiger partial charge in [-0.15, -0.1) is 0 Å². The third-order valence-electron chi connectivity index (χ3n) is 4.59. The van der Waals surface area contributed by atoms with Gasteiger partial charge in [0.2, 0.25) is 0 Å². The molecule has 1 unspecified atom stereocenters. The minimum atomic E-state index is -0.551. The predicted octanol–water partition coefficient (Wildman–Crippen LogP) is 3.91. The Labute approximate surface area is 179 Å². The largest absolute Gasteiger partial charge is 0.497 e. The van der Waals surface area contributed by atoms with Gasteiger partial charge >= 0.3 is 6.01 Å². The summed E-state index contributed by atoms with van der Waals surface area (Å²) in [7, 11) is 1.63. The van der Waals surface area contributed by atoms with Crippen LogP contribution in [0.25, 0.3) is 17.1 Å². The zero-order valence-electron chi connectivity index (χ0n) is 17.0. The number of benzene rings is 1. The van der Waals surface area contributed by atoms with Gasteiger partial charge in [-0.25, -0.2) is 4.68 Å². The molecule has 0 bridgehead atoms. The molecule has 1 aliphatic rings. The van der Waals surface area contributed by atoms with E-state index in [4.69, 9.17) is 30.5 Å². The van der Waals surface area contributed by atoms with Crippen LogP contribution in [0.1, 0.15) is 20.3 Å². The minimum Gasteiger partial charge on any atom is -0.497 e. The van der Waals surface area contributed by atoms with Gasteiger partial charge in [0, 0.05) is 24.2 Å². The van der Waals surface area contributed by atoms with Crippen molar-refractivity contribution in [2.24, 2.45) is 0 Å². The van der Waals surface area contributed by atoms with E-state index in [0.29, 0.717) is 25.5 Å². The number of hydrogen-bond donors (Lipinski definition) is 0. The topological polar surface area (TPSA) is 80.5 Å². The van der Waals surface area contributed by atoms with E-state index in [9.17, 15) is 0 Å². The molecular formula is C21H23ClN4O4. The van der Waals surface area contributed by atoms with Gasteiger partial charge in [-0.3, -0.25) is 0 Å². The third kappa shape index (κ3) is 4.89. The van der Waals surface area contributed by atoms with E-state index in [1.807, 2.05) is 50.4 Å². The Morgan fingerprint density at radius 1 is 1.23 bits per heavy atom. The van der Waals surface area contributed by atoms with Crippen molar-refractivity contribution in [3.63, 3.8) is 0 Å². The molecule has 0 radical (unpaired) electrons. The highest BCUT2D eigenvalue weighted by molar-refractivity contribution is 6.29. The normalized spacial score (nSPS) is 17.8. The fraction of sp³-hybridized carbons (Fsp3) is 0.381. The molecule has 1 aromatic carbocycles. The monoisotopic (exact) mass is 430 g/mol. The molecule has 0 aliphatic carbocycles. The van der Waals surface area contributed by atoms with Crippen molar-refractivity contribution in [3.8, 4) is 28.8 Å². The van der Waals surface area contributed by atoms with Crippen molar-refractivity contribution in [1.82, 2.24) is 19.7 Å². The number of methoxy groups -OCH3 is 1. The van der Waals surface area contributed by atoms with Crippen LogP contribution in [0.5, 0.6) is 11.8 Å². The van der Waals surface area contributed by atoms with E-state index < -0.39 is 5.79 Å². The summed E-state index contributed by atoms with van der Waals surface area (Å²) in [5, 5.41) is 4.86. The highest BCUT2D eigenvalue weighted by Gasteiger charge is 2.32. The first-order chi connectivity index (χ1) is 14.4. The zero-order valence-corrected chi connectivity index (χ0v) is 17.8. The molecule has 2 aromatic heterocycles. The van der Waals surface area contributed by atoms with Crippen LogP contribution < -0.4 is 9.47 Å². The average molecular weight is 431 g/mol. The number of halogens is 1. The maximum atomic E-state index is 6.17. The van der Waals surface area contributed by atoms with Crippen LogP contribution in [0.2, 0.25) is 5.15 Å². The van der Waals surface area contributed by atoms with E-state index in [1.165, 1.54) is 0 Å². The Kier molecular flexibility index (Phi) is 5.90. The fourth-order valence-electron chi connectivity index (χ4n) is 3.14. The number of aromatic nitrogens is 4. The smallest absolute Gasteiger partial charge is 0.319 e. The number of nitrogens with zero attached hydrogens (tertiary/aromatic N) is 4. The molecule has 1 saturated heterocycles. The van der Waals surface area contributed by atoms with Crippen molar-refractivity contribution < 1.29 is 18.9 Å². The summed E-state index contributed by atoms with van der Waals surface area (Å²) in [5.74, 6) is 0.730. The predicted molar refractivity (Wildman–Crippen MR) is 111 cm³/mol. The molecular weight excluding hydrogens is 408 g/mol. The van der Waals surface area contributed by atoms with Crippen molar-refractivity contribution in [2.75, 3.05) is 20.3 Å². The third-order valence-corrected chi connectivity index (χ3v) is 4.78. The van der Waals surface area contributed by atoms with Gasteiger partial charge in [-0.1, -0.05) is 23.7 Å². The molecule has 158 valence electrons. The fourth-order valence-corrected chi connectivity index (χ4v) is 3.31. The molecule has 0 spiro atoms. The Morgan fingerprint density at radius 2 is 2.10 bits per heavy atom. The summed E-state index contributed by atoms with van der Waals surface area (Å²) in [4.78, 5) is 8.57. The average Bonchev–Trinajstić information content (AvgIpc) is 3.34. The lowest BCUT2D eigenvalue weighted by molar-refractivity contribution is -0.139. The second kappa shape index (κ2) is 8.59. The van der Waals surface area contributed by atoms with E-state index in [2.05, 4.69) is 15.1 Å². The Hall–Kier alpha value is -2.68. The van der Waals surface area contributed by atoms with Gasteiger partial charge in [-0.05, 0) is 32.0 Å². The summed E-state index contributed by atoms with van der Waals surface area (Å²) in [6.45, 7) is 4.71. The van der Waals surface area contributed by atoms with Gasteiger partial charge in [-0.2, -0.15) is 15.1 Å². The molecule has 0 saturated carbocycles. The second-order valence-corrected chi connectivity index (χ2v) is 7.68. The Bertz CT molecular complexity index is 1020. The van der Waals surface area contributed by atoms with Crippen molar-refractivity contribution in [2.45, 2.75) is 32.2 Å². The van der Waals surface area contributed by atoms with Crippen LogP contribution in [0, 0.1) is 0 Å². The molecule has 9 heteroatoms. The molecule has 1 fully saturated rings. The van der Waals surface area contributed by atoms with E-state index in [0.717, 1.165) is 17.0 Å². The van der Waals surface area contributed by atoms with Crippen LogP contribution in [-0.2, 0) is 9.47 Å². The molecule has 4 rings (SSSR count). The zero-order chi connectivity index (χ0) is 21.1. The standard InChI is InChI=1S/C21H23ClN4O4/c1-21(2)29-13-16(30-21)8-10-28-20-23-18(22)12-19(24-20)26-9-7-17(25-26)14-5-4-6-15(11-14)27-3/h4-7,9,11-12,16H,8,10,13H2,1-3H3. The number of rotatable bonds is 7. The molecule has 8 nitrogen and oxygen atoms in total. The lowest BCUT2D eigenvalue weighted by atomic mass is 10.1. The van der Waals surface area contributed by atoms with Crippen LogP contribution in [0.15, 0.2) is 42.6 Å². The number of ether oxygens (including phenoxy) is 4. The van der Waals surface area contributed by atoms with Crippen LogP contribution in [0.3, 0.4) is 0 Å². The highest BCUT2D eigenvalue weighted by atomic mass is 35.5. The summed E-state index contributed by atoms with van der Waals surface area (Å²) in [6, 6.07) is 11.4. The lowest BCUT2D eigenvalue weighted by Crippen LogP contribution is -2.22. The first-order valence-corrected chi connectivity index (χ1v) is 9.99. The van der Waals surface area contributed by atoms with Crippen LogP contribution >= 0.6 is 11.6 Å². The Balaban J connectivity index is 1.45. The molecule has 3 heterocycles. The summed E-state index contributed by atoms with van der Waals surface area (Å²) < 4.78 is 23.9. The van der Waals surface area contributed by atoms with Crippen molar-refractivity contribution in [1.29, 1.82) is 0 Å². The van der Waals surface area contributed by atoms with E-state index >= 15 is 0 Å². The molecule has 1 aliphatic heterocycles. The maximum absolute atomic E-state index is 6.17. The molecule has 30 heavy (non-hydrogen) atoms. The molecule has 0 amide bonds. The lowest BCUT2D eigenvalue weighted by Gasteiger charge is -2.17. The van der Waals surface area contributed by atoms with E-state index in [1.54, 1.807) is 17.9 Å². The first-order valence-electron chi connectivity index (χ1n) is 9.61. The molecule has 3 aromatic rings. The van der Waals surface area contributed by atoms with Gasteiger partial charge in [0.25, 0.3) is 0 Å². The van der Waals surface area contributed by atoms with Crippen LogP contribution in [-0.4, -0.2) is 52.0 Å². The maximum Gasteiger partial charge on any atom is 0.319 e. The SMILES string of the molecule is COc1cccc(-c2ccn(-c3cc(Cl)nc(OCCC4COC(C)(C)O4)n3)n2)c1. The van der Waals surface area contributed by atoms with Crippen molar-refractivity contribution >= 4 is 11.6 Å². The highest BCUT2D eigenvalue weighted by Crippen LogP contribution is 2.25. The van der Waals surface area contributed by atoms with Gasteiger partial charge < -0.3 is 18.9 Å². The minimum absolute atomic E-state index is 0.0183. The summed E-state index contributed by atoms with van der Waals surface area (Å²) in [5.41, 5.74) is 1.72.